The number of quaternary nitrogens is 1. The Bertz CT molecular complexity index is 2530. The van der Waals surface area contributed by atoms with Crippen LogP contribution in [0.15, 0.2) is 70.4 Å². The van der Waals surface area contributed by atoms with Crippen LogP contribution in [-0.2, 0) is 22.6 Å². The number of halogens is 4. The maximum absolute atomic E-state index is 11.1. The Labute approximate surface area is 372 Å². The number of morpholine rings is 2. The molecule has 0 amide bonds. The van der Waals surface area contributed by atoms with Crippen molar-refractivity contribution in [3.63, 3.8) is 0 Å². The maximum atomic E-state index is 11.1. The van der Waals surface area contributed by atoms with E-state index in [0.29, 0.717) is 32.4 Å². The average molecular weight is 954 g/mol. The van der Waals surface area contributed by atoms with Gasteiger partial charge in [-0.3, -0.25) is 4.90 Å². The summed E-state index contributed by atoms with van der Waals surface area (Å²) in [5.41, 5.74) is 19.0. The fourth-order valence-electron chi connectivity index (χ4n) is 6.58. The molecule has 326 valence electrons. The van der Waals surface area contributed by atoms with Gasteiger partial charge in [-0.2, -0.15) is 0 Å². The number of nitrogens with zero attached hydrogens (tertiary/aromatic N) is 11. The van der Waals surface area contributed by atoms with Crippen LogP contribution in [0.2, 0.25) is 0 Å². The topological polar surface area (TPSA) is 200 Å². The number of fused-ring (bicyclic) bond motifs is 2. The molecule has 8 heterocycles. The van der Waals surface area contributed by atoms with Gasteiger partial charge in [-0.05, 0) is 33.9 Å². The van der Waals surface area contributed by atoms with Crippen LogP contribution < -0.4 is 26.6 Å². The summed E-state index contributed by atoms with van der Waals surface area (Å²) in [5, 5.41) is 5.32. The van der Waals surface area contributed by atoms with Crippen molar-refractivity contribution in [1.29, 1.82) is 0 Å². The molecule has 23 heteroatoms. The molecule has 0 unspecified atom stereocenters. The molecular formula is C39H45BBrF3N14O2S2. The molecule has 2 fully saturated rings. The Hall–Kier alpha value is -5.17. The van der Waals surface area contributed by atoms with Gasteiger partial charge in [0, 0.05) is 92.6 Å². The fourth-order valence-corrected chi connectivity index (χ4v) is 9.16. The fraction of sp³-hybridized carbons (Fsp3) is 0.333. The Kier molecular flexibility index (Phi) is 15.1. The highest BCUT2D eigenvalue weighted by Crippen LogP contribution is 2.37. The van der Waals surface area contributed by atoms with Gasteiger partial charge in [0.05, 0.1) is 64.3 Å². The van der Waals surface area contributed by atoms with Gasteiger partial charge in [0.25, 0.3) is 0 Å². The van der Waals surface area contributed by atoms with Crippen LogP contribution in [0.3, 0.4) is 0 Å². The van der Waals surface area contributed by atoms with E-state index in [9.17, 15) is 12.9 Å². The zero-order chi connectivity index (χ0) is 43.6. The van der Waals surface area contributed by atoms with Crippen LogP contribution in [-0.4, -0.2) is 125 Å². The number of nitrogen functional groups attached to an aromatic ring is 2. The van der Waals surface area contributed by atoms with Gasteiger partial charge in [0.15, 0.2) is 0 Å². The van der Waals surface area contributed by atoms with Crippen molar-refractivity contribution >= 4 is 89.8 Å². The Morgan fingerprint density at radius 1 is 0.726 bits per heavy atom. The zero-order valence-corrected chi connectivity index (χ0v) is 37.2. The zero-order valence-electron chi connectivity index (χ0n) is 34.0. The first kappa shape index (κ1) is 44.9. The molecule has 2 aliphatic rings. The van der Waals surface area contributed by atoms with Gasteiger partial charge in [-0.15, -0.1) is 22.7 Å². The number of benzene rings is 1. The van der Waals surface area contributed by atoms with Gasteiger partial charge in [-0.25, -0.2) is 39.9 Å². The molecule has 7 aromatic rings. The lowest BCUT2D eigenvalue weighted by Gasteiger charge is -2.27. The molecule has 6 aromatic heterocycles. The van der Waals surface area contributed by atoms with E-state index in [0.717, 1.165) is 98.0 Å². The van der Waals surface area contributed by atoms with Crippen LogP contribution in [0.25, 0.3) is 42.9 Å². The minimum Gasteiger partial charge on any atom is -0.445 e. The molecule has 2 saturated heterocycles. The summed E-state index contributed by atoms with van der Waals surface area (Å²) in [5.74, 6) is 1.92. The van der Waals surface area contributed by atoms with Gasteiger partial charge in [0.2, 0.25) is 23.8 Å². The van der Waals surface area contributed by atoms with E-state index in [2.05, 4.69) is 87.3 Å². The molecule has 6 N–H and O–H groups in total. The minimum absolute atomic E-state index is 0.250. The van der Waals surface area contributed by atoms with E-state index in [-0.39, 0.29) is 11.9 Å². The second-order valence-electron chi connectivity index (χ2n) is 14.3. The third-order valence-electron chi connectivity index (χ3n) is 9.55. The van der Waals surface area contributed by atoms with E-state index in [4.69, 9.17) is 40.9 Å². The highest BCUT2D eigenvalue weighted by atomic mass is 79.9. The Balaban J connectivity index is 0.000000168. The van der Waals surface area contributed by atoms with E-state index in [1.54, 1.807) is 47.5 Å². The number of ether oxygens (including phenoxy) is 2. The van der Waals surface area contributed by atoms with Gasteiger partial charge >= 0.3 is 6.98 Å². The number of rotatable bonds is 10. The van der Waals surface area contributed by atoms with Crippen LogP contribution in [0.5, 0.6) is 0 Å². The molecule has 0 spiro atoms. The summed E-state index contributed by atoms with van der Waals surface area (Å²) in [6, 6.07) is 10.5. The maximum Gasteiger partial charge on any atom is 0.531 e. The summed E-state index contributed by atoms with van der Waals surface area (Å²) in [4.78, 5) is 42.5. The lowest BCUT2D eigenvalue weighted by Crippen LogP contribution is -2.83. The normalized spacial score (nSPS) is 14.4. The number of hydrogen-bond donors (Lipinski definition) is 3. The Morgan fingerprint density at radius 3 is 1.69 bits per heavy atom. The second-order valence-corrected chi connectivity index (χ2v) is 16.9. The van der Waals surface area contributed by atoms with Crippen LogP contribution >= 0.6 is 38.6 Å². The molecule has 0 saturated carbocycles. The lowest BCUT2D eigenvalue weighted by molar-refractivity contribution is -0.614. The summed E-state index contributed by atoms with van der Waals surface area (Å²) >= 11 is 6.82. The average Bonchev–Trinajstić information content (AvgIpc) is 3.87. The van der Waals surface area contributed by atoms with E-state index in [1.807, 2.05) is 11.4 Å². The number of aromatic nitrogens is 8. The highest BCUT2D eigenvalue weighted by molar-refractivity contribution is 9.10. The largest absolute Gasteiger partial charge is 0.531 e. The summed E-state index contributed by atoms with van der Waals surface area (Å²) in [7, 11) is 3.53. The van der Waals surface area contributed by atoms with Gasteiger partial charge in [-0.1, -0.05) is 30.3 Å². The second kappa shape index (κ2) is 20.8. The first-order valence-electron chi connectivity index (χ1n) is 19.7. The molecule has 0 aliphatic carbocycles. The molecular weight excluding hydrogens is 908 g/mol. The first-order chi connectivity index (χ1) is 30.0. The first-order valence-corrected chi connectivity index (χ1v) is 22.3. The summed E-state index contributed by atoms with van der Waals surface area (Å²) in [6.07, 6.45) is 6.13. The quantitative estimate of drug-likeness (QED) is 0.153. The molecule has 0 bridgehead atoms. The molecule has 2 aliphatic heterocycles. The third kappa shape index (κ3) is 11.6. The van der Waals surface area contributed by atoms with E-state index >= 15 is 0 Å². The van der Waals surface area contributed by atoms with E-state index in [1.165, 1.54) is 18.2 Å². The predicted octanol–water partition coefficient (Wildman–Crippen LogP) is 5.09. The standard InChI is InChI=1S/C23H25N7OS.C14H13BrN6OS.C2H6BF3N/c1-29(13-16-5-3-2-4-6-16)14-18-15-32-21-19(17-11-25-22(24)26-12-17)27-23(28-20(18)21)30-7-9-31-10-8-30;15-9-7-23-12-10(8-5-17-13(16)18-6-8)19-14(20-11(9)12)21-1-3-22-4-2-21;1-7-2-3(4,5)6/h2-6,11-12,15H,7-10,13-14H2,1H3,(H2,24,25,26);5-7H,1-4H2,(H2,16,17,18);7H,2H2,1H3/q;;-1/p+1. The third-order valence-corrected chi connectivity index (χ3v) is 12.5. The summed E-state index contributed by atoms with van der Waals surface area (Å²) in [6.45, 7) is 2.97. The molecule has 16 nitrogen and oxygen atoms in total. The number of anilines is 4. The van der Waals surface area contributed by atoms with Gasteiger partial charge in [0.1, 0.15) is 5.52 Å². The van der Waals surface area contributed by atoms with Crippen LogP contribution in [0.1, 0.15) is 11.1 Å². The monoisotopic (exact) mass is 952 g/mol. The highest BCUT2D eigenvalue weighted by Gasteiger charge is 2.24. The minimum atomic E-state index is -4.55. The molecule has 0 atom stereocenters. The van der Waals surface area contributed by atoms with Crippen LogP contribution in [0, 0.1) is 0 Å². The Morgan fingerprint density at radius 2 is 1.21 bits per heavy atom. The smallest absolute Gasteiger partial charge is 0.445 e. The van der Waals surface area contributed by atoms with Crippen molar-refractivity contribution in [3.8, 4) is 22.5 Å². The van der Waals surface area contributed by atoms with Crippen molar-refractivity contribution in [2.75, 3.05) is 94.4 Å². The van der Waals surface area contributed by atoms with Crippen molar-refractivity contribution in [2.45, 2.75) is 13.1 Å². The summed E-state index contributed by atoms with van der Waals surface area (Å²) < 4.78 is 47.2. The van der Waals surface area contributed by atoms with Crippen molar-refractivity contribution in [1.82, 2.24) is 44.8 Å². The van der Waals surface area contributed by atoms with Crippen molar-refractivity contribution in [3.05, 3.63) is 81.5 Å². The van der Waals surface area contributed by atoms with Gasteiger partial charge < -0.3 is 49.0 Å². The predicted molar refractivity (Wildman–Crippen MR) is 243 cm³/mol. The SMILES string of the molecule is CN(Cc1ccccc1)Cc1csc2c(-c3cnc(N)nc3)nc(N3CCOCC3)nc12.C[NH2+]C[B-](F)(F)F.Nc1ncc(-c2nc(N3CCOCC3)nc3c(Br)csc23)cn1. The number of thiophene rings is 2. The number of hydrogen-bond acceptors (Lipinski definition) is 17. The number of nitrogens with two attached hydrogens (primary N) is 3. The van der Waals surface area contributed by atoms with E-state index < -0.39 is 13.4 Å². The van der Waals surface area contributed by atoms with Crippen molar-refractivity contribution in [2.24, 2.45) is 0 Å². The lowest BCUT2D eigenvalue weighted by atomic mass is 9.93. The van der Waals surface area contributed by atoms with Crippen LogP contribution in [0.4, 0.5) is 36.7 Å². The van der Waals surface area contributed by atoms with Crippen molar-refractivity contribution < 1.29 is 27.7 Å². The molecule has 0 radical (unpaired) electrons. The molecule has 9 rings (SSSR count). The molecule has 1 aromatic carbocycles. The molecule has 62 heavy (non-hydrogen) atoms.